The third kappa shape index (κ3) is 10.1. The van der Waals surface area contributed by atoms with Crippen LogP contribution in [-0.2, 0) is 30.9 Å². The minimum atomic E-state index is -3.27. The first kappa shape index (κ1) is 35.6. The van der Waals surface area contributed by atoms with Gasteiger partial charge in [0.25, 0.3) is 6.02 Å². The first-order valence-corrected chi connectivity index (χ1v) is 19.8. The summed E-state index contributed by atoms with van der Waals surface area (Å²) in [6.45, 7) is 3.78. The highest BCUT2D eigenvalue weighted by molar-refractivity contribution is 7.88. The molecule has 2 aromatic rings. The molecule has 14 heteroatoms. The lowest BCUT2D eigenvalue weighted by molar-refractivity contribution is -0.145. The van der Waals surface area contributed by atoms with E-state index in [1.54, 1.807) is 16.2 Å². The number of rotatable bonds is 13. The van der Waals surface area contributed by atoms with E-state index in [4.69, 9.17) is 21.3 Å². The molecule has 11 nitrogen and oxygen atoms in total. The van der Waals surface area contributed by atoms with Gasteiger partial charge < -0.3 is 25.2 Å². The third-order valence-corrected chi connectivity index (χ3v) is 10.9. The molecule has 1 aromatic carbocycles. The van der Waals surface area contributed by atoms with Gasteiger partial charge in [-0.05, 0) is 61.7 Å². The molecule has 47 heavy (non-hydrogen) atoms. The van der Waals surface area contributed by atoms with Crippen LogP contribution in [-0.4, -0.2) is 92.7 Å². The number of aliphatic imine (C=N–C) groups is 1. The van der Waals surface area contributed by atoms with Gasteiger partial charge in [0, 0.05) is 35.6 Å². The molecule has 3 N–H and O–H groups in total. The lowest BCUT2D eigenvalue weighted by Gasteiger charge is -2.42. The molecule has 258 valence electrons. The summed E-state index contributed by atoms with van der Waals surface area (Å²) >= 11 is 7.83. The number of nitrogens with one attached hydrogen (secondary N) is 3. The number of halogens is 1. The van der Waals surface area contributed by atoms with E-state index in [0.29, 0.717) is 56.5 Å². The maximum absolute atomic E-state index is 14.4. The number of benzene rings is 1. The van der Waals surface area contributed by atoms with Gasteiger partial charge in [0.1, 0.15) is 12.1 Å². The van der Waals surface area contributed by atoms with Crippen LogP contribution in [0.2, 0.25) is 5.02 Å². The number of sulfonamides is 1. The van der Waals surface area contributed by atoms with Gasteiger partial charge in [0.05, 0.1) is 31.4 Å². The highest BCUT2D eigenvalue weighted by Gasteiger charge is 2.41. The van der Waals surface area contributed by atoms with Gasteiger partial charge in [-0.3, -0.25) is 9.59 Å². The zero-order valence-corrected chi connectivity index (χ0v) is 29.6. The summed E-state index contributed by atoms with van der Waals surface area (Å²) in [5.41, 5.74) is 0.936. The van der Waals surface area contributed by atoms with Crippen LogP contribution in [0.4, 0.5) is 0 Å². The Morgan fingerprint density at radius 1 is 1.13 bits per heavy atom. The average molecular weight is 707 g/mol. The summed E-state index contributed by atoms with van der Waals surface area (Å²) in [5.74, 6) is -0.315. The van der Waals surface area contributed by atoms with Crippen molar-refractivity contribution < 1.29 is 22.7 Å². The number of carbonyl (C=O) groups is 2. The van der Waals surface area contributed by atoms with Gasteiger partial charge in [-0.15, -0.1) is 11.3 Å². The minimum Gasteiger partial charge on any atom is -0.455 e. The molecule has 4 atom stereocenters. The predicted molar refractivity (Wildman–Crippen MR) is 186 cm³/mol. The number of thiophene rings is 1. The summed E-state index contributed by atoms with van der Waals surface area (Å²) in [6.07, 6.45) is 8.17. The van der Waals surface area contributed by atoms with Crippen LogP contribution in [0.1, 0.15) is 74.8 Å². The minimum absolute atomic E-state index is 0.0954. The highest BCUT2D eigenvalue weighted by Crippen LogP contribution is 2.32. The fourth-order valence-corrected chi connectivity index (χ4v) is 7.94. The molecule has 2 amide bonds. The first-order valence-electron chi connectivity index (χ1n) is 16.6. The number of carbonyl (C=O) groups excluding carboxylic acids is 2. The number of hydrogen-bond acceptors (Lipinski definition) is 9. The molecular formula is C33H47ClN6O5S2. The van der Waals surface area contributed by atoms with E-state index in [0.717, 1.165) is 42.4 Å². The van der Waals surface area contributed by atoms with Crippen molar-refractivity contribution in [3.05, 3.63) is 57.2 Å². The molecule has 1 saturated carbocycles. The first-order chi connectivity index (χ1) is 22.6. The van der Waals surface area contributed by atoms with E-state index < -0.39 is 22.1 Å². The van der Waals surface area contributed by atoms with Crippen molar-refractivity contribution in [2.24, 2.45) is 4.99 Å². The number of hydrogen-bond donors (Lipinski definition) is 3. The Bertz CT molecular complexity index is 1480. The Morgan fingerprint density at radius 2 is 1.94 bits per heavy atom. The molecule has 0 unspecified atom stereocenters. The summed E-state index contributed by atoms with van der Waals surface area (Å²) in [4.78, 5) is 37.8. The van der Waals surface area contributed by atoms with E-state index in [9.17, 15) is 18.0 Å². The summed E-state index contributed by atoms with van der Waals surface area (Å²) < 4.78 is 32.0. The van der Waals surface area contributed by atoms with Gasteiger partial charge in [-0.1, -0.05) is 55.5 Å². The summed E-state index contributed by atoms with van der Waals surface area (Å²) in [6, 6.07) is 10.9. The summed E-state index contributed by atoms with van der Waals surface area (Å²) in [5, 5.41) is 9.31. The number of ether oxygens (including phenoxy) is 1. The lowest BCUT2D eigenvalue weighted by atomic mass is 9.94. The van der Waals surface area contributed by atoms with E-state index in [1.165, 1.54) is 6.42 Å². The molecule has 5 rings (SSSR count). The molecule has 1 saturated heterocycles. The van der Waals surface area contributed by atoms with Gasteiger partial charge in [0.15, 0.2) is 0 Å². The van der Waals surface area contributed by atoms with Crippen LogP contribution in [0.15, 0.2) is 46.8 Å². The molecule has 2 fully saturated rings. The average Bonchev–Trinajstić information content (AvgIpc) is 3.72. The van der Waals surface area contributed by atoms with Crippen molar-refractivity contribution in [3.8, 4) is 0 Å². The zero-order chi connectivity index (χ0) is 33.4. The Morgan fingerprint density at radius 3 is 2.66 bits per heavy atom. The monoisotopic (exact) mass is 706 g/mol. The molecule has 0 bridgehead atoms. The topological polar surface area (TPSA) is 132 Å². The van der Waals surface area contributed by atoms with Crippen LogP contribution in [0.3, 0.4) is 0 Å². The van der Waals surface area contributed by atoms with Crippen molar-refractivity contribution in [3.63, 3.8) is 0 Å². The van der Waals surface area contributed by atoms with Crippen molar-refractivity contribution in [1.29, 1.82) is 0 Å². The SMILES string of the molecule is C[C@@H]1N=C(N2CCN(C(=O)[C@@H](CCCCNS(C)(=O)=O)NC3CCCCC3)[C@H](C(=O)NCc3cccs3)C2)O[C@H]1c1cccc(Cl)c1. The normalized spacial score (nSPS) is 22.9. The second-order valence-corrected chi connectivity index (χ2v) is 16.1. The van der Waals surface area contributed by atoms with Crippen LogP contribution < -0.4 is 15.4 Å². The van der Waals surface area contributed by atoms with Crippen LogP contribution in [0.5, 0.6) is 0 Å². The zero-order valence-electron chi connectivity index (χ0n) is 27.2. The smallest absolute Gasteiger partial charge is 0.288 e. The third-order valence-electron chi connectivity index (χ3n) is 9.04. The van der Waals surface area contributed by atoms with E-state index in [1.807, 2.05) is 53.6 Å². The van der Waals surface area contributed by atoms with Crippen molar-refractivity contribution in [1.82, 2.24) is 25.2 Å². The van der Waals surface area contributed by atoms with Gasteiger partial charge in [-0.25, -0.2) is 18.1 Å². The Hall–Kier alpha value is -2.71. The number of piperazine rings is 1. The molecule has 3 aliphatic rings. The molecule has 1 aliphatic carbocycles. The fraction of sp³-hybridized carbons (Fsp3) is 0.606. The van der Waals surface area contributed by atoms with Crippen LogP contribution >= 0.6 is 22.9 Å². The van der Waals surface area contributed by atoms with E-state index in [2.05, 4.69) is 15.4 Å². The summed E-state index contributed by atoms with van der Waals surface area (Å²) in [7, 11) is -3.27. The predicted octanol–water partition coefficient (Wildman–Crippen LogP) is 4.06. The van der Waals surface area contributed by atoms with Crippen molar-refractivity contribution >= 4 is 50.8 Å². The standard InChI is InChI=1S/C33H47ClN6O5S2/c1-23-30(24-10-8-11-25(34)20-24)45-33(37-23)39-17-18-40(29(22-39)31(41)35-21-27-14-9-19-46-27)32(42)28(38-26-12-4-3-5-13-26)15-6-7-16-36-47(2,43)44/h8-11,14,19-20,23,26,28-30,36,38H,3-7,12-13,15-18,21-22H2,1-2H3,(H,35,41)/t23-,28+,29-,30+/m0/s1. The molecule has 0 spiro atoms. The van der Waals surface area contributed by atoms with Gasteiger partial charge in [-0.2, -0.15) is 0 Å². The molecule has 2 aliphatic heterocycles. The second kappa shape index (κ2) is 16.6. The Balaban J connectivity index is 1.31. The highest BCUT2D eigenvalue weighted by atomic mass is 35.5. The Kier molecular flexibility index (Phi) is 12.6. The quantitative estimate of drug-likeness (QED) is 0.268. The van der Waals surface area contributed by atoms with Crippen LogP contribution in [0, 0.1) is 0 Å². The van der Waals surface area contributed by atoms with E-state index in [-0.39, 0.29) is 36.5 Å². The van der Waals surface area contributed by atoms with E-state index >= 15 is 0 Å². The maximum atomic E-state index is 14.4. The van der Waals surface area contributed by atoms with Crippen molar-refractivity contribution in [2.75, 3.05) is 32.4 Å². The molecule has 0 radical (unpaired) electrons. The van der Waals surface area contributed by atoms with Crippen molar-refractivity contribution in [2.45, 2.75) is 95.1 Å². The lowest BCUT2D eigenvalue weighted by Crippen LogP contribution is -2.64. The number of amides is 2. The van der Waals surface area contributed by atoms with Gasteiger partial charge >= 0.3 is 0 Å². The molecular weight excluding hydrogens is 660 g/mol. The van der Waals surface area contributed by atoms with Gasteiger partial charge in [0.2, 0.25) is 21.8 Å². The van der Waals surface area contributed by atoms with Crippen LogP contribution in [0.25, 0.3) is 0 Å². The molecule has 3 heterocycles. The number of nitrogens with zero attached hydrogens (tertiary/aromatic N) is 3. The number of amidine groups is 1. The fourth-order valence-electron chi connectivity index (χ4n) is 6.58. The molecule has 1 aromatic heterocycles. The second-order valence-electron chi connectivity index (χ2n) is 12.8. The maximum Gasteiger partial charge on any atom is 0.288 e. The Labute approximate surface area is 287 Å². The largest absolute Gasteiger partial charge is 0.455 e. The number of unbranched alkanes of at least 4 members (excludes halogenated alkanes) is 1.